The van der Waals surface area contributed by atoms with Crippen molar-refractivity contribution in [3.63, 3.8) is 0 Å². The molecule has 0 fully saturated rings. The molecule has 5 heteroatoms. The van der Waals surface area contributed by atoms with Crippen molar-refractivity contribution in [1.82, 2.24) is 0 Å². The van der Waals surface area contributed by atoms with E-state index in [9.17, 15) is 4.79 Å². The van der Waals surface area contributed by atoms with E-state index in [2.05, 4.69) is 38.8 Å². The lowest BCUT2D eigenvalue weighted by atomic mass is 10.1. The zero-order chi connectivity index (χ0) is 16.1. The molecule has 1 heterocycles. The summed E-state index contributed by atoms with van der Waals surface area (Å²) >= 11 is 8.50. The quantitative estimate of drug-likeness (QED) is 0.396. The molecule has 1 aromatic heterocycles. The highest BCUT2D eigenvalue weighted by atomic mass is 79.9. The van der Waals surface area contributed by atoms with Gasteiger partial charge in [-0.05, 0) is 58.8 Å². The molecule has 0 amide bonds. The van der Waals surface area contributed by atoms with Gasteiger partial charge in [-0.3, -0.25) is 4.79 Å². The SMILES string of the molecule is CCCc1sc(C(=O)/C=C/c2cc(Br)ccc2OC)cc1Br. The molecule has 2 aromatic rings. The molecule has 0 atom stereocenters. The average Bonchev–Trinajstić information content (AvgIpc) is 2.87. The first-order valence-electron chi connectivity index (χ1n) is 6.89. The minimum absolute atomic E-state index is 0.00933. The topological polar surface area (TPSA) is 26.3 Å². The molecule has 0 aliphatic rings. The van der Waals surface area contributed by atoms with Gasteiger partial charge in [-0.2, -0.15) is 0 Å². The van der Waals surface area contributed by atoms with E-state index in [1.165, 1.54) is 4.88 Å². The van der Waals surface area contributed by atoms with Crippen LogP contribution in [0.15, 0.2) is 39.3 Å². The van der Waals surface area contributed by atoms with E-state index in [4.69, 9.17) is 4.74 Å². The number of carbonyl (C=O) groups is 1. The number of methoxy groups -OCH3 is 1. The maximum Gasteiger partial charge on any atom is 0.195 e. The summed E-state index contributed by atoms with van der Waals surface area (Å²) in [4.78, 5) is 14.3. The van der Waals surface area contributed by atoms with Gasteiger partial charge in [0.25, 0.3) is 0 Å². The fourth-order valence-corrected chi connectivity index (χ4v) is 4.28. The Morgan fingerprint density at radius 2 is 2.09 bits per heavy atom. The van der Waals surface area contributed by atoms with Crippen LogP contribution in [0.4, 0.5) is 0 Å². The number of allylic oxidation sites excluding steroid dienone is 1. The number of hydrogen-bond acceptors (Lipinski definition) is 3. The summed E-state index contributed by atoms with van der Waals surface area (Å²) in [5.74, 6) is 0.751. The van der Waals surface area contributed by atoms with Gasteiger partial charge in [0.1, 0.15) is 5.75 Å². The largest absolute Gasteiger partial charge is 0.496 e. The van der Waals surface area contributed by atoms with Crippen LogP contribution in [0.5, 0.6) is 5.75 Å². The van der Waals surface area contributed by atoms with Crippen molar-refractivity contribution in [3.05, 3.63) is 54.6 Å². The first-order valence-corrected chi connectivity index (χ1v) is 9.29. The van der Waals surface area contributed by atoms with Crippen LogP contribution < -0.4 is 4.74 Å². The Bertz CT molecular complexity index is 705. The van der Waals surface area contributed by atoms with Crippen LogP contribution in [-0.2, 0) is 6.42 Å². The summed E-state index contributed by atoms with van der Waals surface area (Å²) < 4.78 is 7.28. The number of rotatable bonds is 6. The van der Waals surface area contributed by atoms with Gasteiger partial charge in [-0.25, -0.2) is 0 Å². The molecular weight excluding hydrogens is 428 g/mol. The number of aryl methyl sites for hydroxylation is 1. The Kier molecular flexibility index (Phi) is 6.41. The van der Waals surface area contributed by atoms with Gasteiger partial charge in [0.2, 0.25) is 0 Å². The number of hydrogen-bond donors (Lipinski definition) is 0. The molecular formula is C17H16Br2O2S. The molecule has 22 heavy (non-hydrogen) atoms. The summed E-state index contributed by atoms with van der Waals surface area (Å²) in [6, 6.07) is 7.61. The van der Waals surface area contributed by atoms with E-state index in [-0.39, 0.29) is 5.78 Å². The highest BCUT2D eigenvalue weighted by Gasteiger charge is 2.11. The van der Waals surface area contributed by atoms with Gasteiger partial charge >= 0.3 is 0 Å². The molecule has 0 aliphatic carbocycles. The van der Waals surface area contributed by atoms with Gasteiger partial charge in [0, 0.05) is 19.4 Å². The normalized spacial score (nSPS) is 11.1. The van der Waals surface area contributed by atoms with Crippen LogP contribution in [-0.4, -0.2) is 12.9 Å². The summed E-state index contributed by atoms with van der Waals surface area (Å²) in [5.41, 5.74) is 0.870. The molecule has 0 N–H and O–H groups in total. The van der Waals surface area contributed by atoms with Crippen molar-refractivity contribution < 1.29 is 9.53 Å². The van der Waals surface area contributed by atoms with Crippen molar-refractivity contribution in [3.8, 4) is 5.75 Å². The third kappa shape index (κ3) is 4.31. The Hall–Kier alpha value is -0.910. The van der Waals surface area contributed by atoms with Crippen LogP contribution in [0.3, 0.4) is 0 Å². The lowest BCUT2D eigenvalue weighted by Gasteiger charge is -2.04. The molecule has 0 bridgehead atoms. The summed E-state index contributed by atoms with van der Waals surface area (Å²) in [6.45, 7) is 2.13. The van der Waals surface area contributed by atoms with E-state index in [0.29, 0.717) is 0 Å². The molecule has 0 saturated carbocycles. The fourth-order valence-electron chi connectivity index (χ4n) is 2.01. The number of benzene rings is 1. The standard InChI is InChI=1S/C17H16Br2O2S/c1-3-4-16-13(19)10-17(22-16)14(20)7-5-11-9-12(18)6-8-15(11)21-2/h5-10H,3-4H2,1-2H3/b7-5+. The lowest BCUT2D eigenvalue weighted by Crippen LogP contribution is -1.91. The molecule has 0 radical (unpaired) electrons. The van der Waals surface area contributed by atoms with Crippen molar-refractivity contribution in [1.29, 1.82) is 0 Å². The zero-order valence-corrected chi connectivity index (χ0v) is 16.3. The molecule has 116 valence electrons. The maximum absolute atomic E-state index is 12.3. The van der Waals surface area contributed by atoms with Crippen LogP contribution in [0, 0.1) is 0 Å². The van der Waals surface area contributed by atoms with E-state index in [1.807, 2.05) is 24.3 Å². The van der Waals surface area contributed by atoms with Crippen LogP contribution >= 0.6 is 43.2 Å². The van der Waals surface area contributed by atoms with Gasteiger partial charge in [-0.15, -0.1) is 11.3 Å². The number of ketones is 1. The Morgan fingerprint density at radius 1 is 1.32 bits per heavy atom. The van der Waals surface area contributed by atoms with E-state index in [1.54, 1.807) is 30.6 Å². The van der Waals surface area contributed by atoms with E-state index >= 15 is 0 Å². The van der Waals surface area contributed by atoms with Gasteiger partial charge in [0.05, 0.1) is 12.0 Å². The van der Waals surface area contributed by atoms with Crippen molar-refractivity contribution in [2.75, 3.05) is 7.11 Å². The first-order chi connectivity index (χ1) is 10.5. The second kappa shape index (κ2) is 8.09. The predicted octanol–water partition coefficient (Wildman–Crippen LogP) is 6.13. The highest BCUT2D eigenvalue weighted by Crippen LogP contribution is 2.30. The molecule has 0 spiro atoms. The molecule has 0 unspecified atom stereocenters. The first kappa shape index (κ1) is 17.4. The third-order valence-corrected chi connectivity index (χ3v) is 5.76. The smallest absolute Gasteiger partial charge is 0.195 e. The molecule has 2 rings (SSSR count). The van der Waals surface area contributed by atoms with E-state index in [0.717, 1.165) is 38.0 Å². The molecule has 0 saturated heterocycles. The Balaban J connectivity index is 2.21. The van der Waals surface area contributed by atoms with Crippen LogP contribution in [0.1, 0.15) is 33.5 Å². The summed E-state index contributed by atoms with van der Waals surface area (Å²) in [6.07, 6.45) is 5.44. The number of halogens is 2. The lowest BCUT2D eigenvalue weighted by molar-refractivity contribution is 0.105. The maximum atomic E-state index is 12.3. The van der Waals surface area contributed by atoms with Crippen molar-refractivity contribution >= 4 is 55.1 Å². The predicted molar refractivity (Wildman–Crippen MR) is 100 cm³/mol. The second-order valence-electron chi connectivity index (χ2n) is 4.72. The van der Waals surface area contributed by atoms with Crippen molar-refractivity contribution in [2.45, 2.75) is 19.8 Å². The minimum Gasteiger partial charge on any atom is -0.496 e. The summed E-state index contributed by atoms with van der Waals surface area (Å²) in [5, 5.41) is 0. The molecule has 2 nitrogen and oxygen atoms in total. The van der Waals surface area contributed by atoms with Gasteiger partial charge < -0.3 is 4.74 Å². The summed E-state index contributed by atoms with van der Waals surface area (Å²) in [7, 11) is 1.62. The van der Waals surface area contributed by atoms with Crippen LogP contribution in [0.2, 0.25) is 0 Å². The number of carbonyl (C=O) groups excluding carboxylic acids is 1. The van der Waals surface area contributed by atoms with Gasteiger partial charge in [-0.1, -0.05) is 29.3 Å². The van der Waals surface area contributed by atoms with Crippen molar-refractivity contribution in [2.24, 2.45) is 0 Å². The van der Waals surface area contributed by atoms with Gasteiger partial charge in [0.15, 0.2) is 5.78 Å². The highest BCUT2D eigenvalue weighted by molar-refractivity contribution is 9.10. The molecule has 0 aliphatic heterocycles. The second-order valence-corrected chi connectivity index (χ2v) is 7.62. The third-order valence-electron chi connectivity index (χ3n) is 3.08. The average molecular weight is 444 g/mol. The zero-order valence-electron chi connectivity index (χ0n) is 12.4. The van der Waals surface area contributed by atoms with E-state index < -0.39 is 0 Å². The monoisotopic (exact) mass is 442 g/mol. The minimum atomic E-state index is 0.00933. The Morgan fingerprint density at radius 3 is 2.77 bits per heavy atom. The number of ether oxygens (including phenoxy) is 1. The van der Waals surface area contributed by atoms with Crippen LogP contribution in [0.25, 0.3) is 6.08 Å². The molecule has 1 aromatic carbocycles. The fraction of sp³-hybridized carbons (Fsp3) is 0.235. The number of thiophene rings is 1. The Labute approximate surface area is 151 Å².